The van der Waals surface area contributed by atoms with Gasteiger partial charge in [-0.25, -0.2) is 4.98 Å². The number of hydrogen-bond donors (Lipinski definition) is 1. The maximum atomic E-state index is 12.3. The summed E-state index contributed by atoms with van der Waals surface area (Å²) in [5.41, 5.74) is 0.495. The lowest BCUT2D eigenvalue weighted by molar-refractivity contribution is 0.102. The third kappa shape index (κ3) is 3.21. The molecule has 0 bridgehead atoms. The van der Waals surface area contributed by atoms with Crippen LogP contribution in [0.2, 0.25) is 0 Å². The smallest absolute Gasteiger partial charge is 0.256 e. The highest BCUT2D eigenvalue weighted by Gasteiger charge is 2.21. The molecule has 1 aliphatic carbocycles. The number of methoxy groups -OCH3 is 2. The molecule has 0 radical (unpaired) electrons. The van der Waals surface area contributed by atoms with Gasteiger partial charge >= 0.3 is 0 Å². The molecule has 0 atom stereocenters. The first-order valence-electron chi connectivity index (χ1n) is 7.24. The van der Waals surface area contributed by atoms with Crippen LogP contribution in [-0.2, 0) is 6.54 Å². The number of ether oxygens (including phenoxy) is 2. The average molecular weight is 301 g/mol. The highest BCUT2D eigenvalue weighted by Crippen LogP contribution is 2.31. The summed E-state index contributed by atoms with van der Waals surface area (Å²) < 4.78 is 12.4. The summed E-state index contributed by atoms with van der Waals surface area (Å²) in [6.07, 6.45) is 6.18. The molecule has 1 fully saturated rings. The molecule has 1 aromatic carbocycles. The molecule has 0 spiro atoms. The maximum absolute atomic E-state index is 12.3. The summed E-state index contributed by atoms with van der Waals surface area (Å²) >= 11 is 0. The Morgan fingerprint density at radius 2 is 2.09 bits per heavy atom. The zero-order chi connectivity index (χ0) is 15.5. The van der Waals surface area contributed by atoms with Crippen molar-refractivity contribution in [1.82, 2.24) is 9.55 Å². The Morgan fingerprint density at radius 3 is 2.77 bits per heavy atom. The van der Waals surface area contributed by atoms with Crippen molar-refractivity contribution in [2.45, 2.75) is 19.4 Å². The van der Waals surface area contributed by atoms with Gasteiger partial charge in [0.05, 0.1) is 20.5 Å². The van der Waals surface area contributed by atoms with Crippen molar-refractivity contribution >= 4 is 11.7 Å². The van der Waals surface area contributed by atoms with Crippen molar-refractivity contribution in [3.63, 3.8) is 0 Å². The highest BCUT2D eigenvalue weighted by atomic mass is 16.5. The standard InChI is InChI=1S/C16H19N3O3/c1-21-13-6-5-12(7-14(13)22-2)16(20)18-15-9-19(10-17-15)8-11-3-4-11/h5-7,9-11H,3-4,8H2,1-2H3,(H,18,20). The van der Waals surface area contributed by atoms with E-state index in [1.807, 2.05) is 10.8 Å². The van der Waals surface area contributed by atoms with Crippen molar-refractivity contribution in [3.8, 4) is 11.5 Å². The van der Waals surface area contributed by atoms with Gasteiger partial charge in [-0.3, -0.25) is 4.79 Å². The third-order valence-corrected chi connectivity index (χ3v) is 3.69. The van der Waals surface area contributed by atoms with Gasteiger partial charge in [-0.05, 0) is 37.0 Å². The molecule has 116 valence electrons. The van der Waals surface area contributed by atoms with Gasteiger partial charge in [-0.15, -0.1) is 0 Å². The van der Waals surface area contributed by atoms with Crippen LogP contribution in [0.1, 0.15) is 23.2 Å². The van der Waals surface area contributed by atoms with Gasteiger partial charge in [0.1, 0.15) is 0 Å². The number of carbonyl (C=O) groups excluding carboxylic acids is 1. The second kappa shape index (κ2) is 6.09. The van der Waals surface area contributed by atoms with Crippen LogP contribution in [0.3, 0.4) is 0 Å². The molecule has 6 nitrogen and oxygen atoms in total. The van der Waals surface area contributed by atoms with E-state index in [1.54, 1.807) is 38.7 Å². The van der Waals surface area contributed by atoms with Gasteiger partial charge in [0.15, 0.2) is 17.3 Å². The number of nitrogens with zero attached hydrogens (tertiary/aromatic N) is 2. The third-order valence-electron chi connectivity index (χ3n) is 3.69. The Balaban J connectivity index is 1.69. The van der Waals surface area contributed by atoms with Gasteiger partial charge in [0.25, 0.3) is 5.91 Å². The van der Waals surface area contributed by atoms with E-state index in [1.165, 1.54) is 12.8 Å². The number of hydrogen-bond acceptors (Lipinski definition) is 4. The van der Waals surface area contributed by atoms with Crippen LogP contribution in [0.4, 0.5) is 5.82 Å². The van der Waals surface area contributed by atoms with Crippen LogP contribution in [-0.4, -0.2) is 29.7 Å². The maximum Gasteiger partial charge on any atom is 0.256 e. The molecule has 0 saturated heterocycles. The van der Waals surface area contributed by atoms with E-state index >= 15 is 0 Å². The molecule has 1 amide bonds. The zero-order valence-electron chi connectivity index (χ0n) is 12.7. The first kappa shape index (κ1) is 14.4. The number of anilines is 1. The van der Waals surface area contributed by atoms with Gasteiger partial charge in [0.2, 0.25) is 0 Å². The van der Waals surface area contributed by atoms with Gasteiger partial charge in [-0.2, -0.15) is 0 Å². The summed E-state index contributed by atoms with van der Waals surface area (Å²) in [4.78, 5) is 16.5. The lowest BCUT2D eigenvalue weighted by Crippen LogP contribution is -2.12. The van der Waals surface area contributed by atoms with E-state index in [0.29, 0.717) is 22.9 Å². The molecule has 1 heterocycles. The molecule has 3 rings (SSSR count). The average Bonchev–Trinajstić information content (AvgIpc) is 3.25. The number of imidazole rings is 1. The zero-order valence-corrected chi connectivity index (χ0v) is 12.7. The molecule has 1 aromatic heterocycles. The Kier molecular flexibility index (Phi) is 4.00. The molecule has 0 unspecified atom stereocenters. The second-order valence-corrected chi connectivity index (χ2v) is 5.42. The predicted octanol–water partition coefficient (Wildman–Crippen LogP) is 2.56. The van der Waals surface area contributed by atoms with Crippen LogP contribution in [0, 0.1) is 5.92 Å². The quantitative estimate of drug-likeness (QED) is 0.890. The number of benzene rings is 1. The van der Waals surface area contributed by atoms with Crippen molar-refractivity contribution in [2.75, 3.05) is 19.5 Å². The fraction of sp³-hybridized carbons (Fsp3) is 0.375. The molecule has 22 heavy (non-hydrogen) atoms. The summed E-state index contributed by atoms with van der Waals surface area (Å²) in [6, 6.07) is 5.05. The lowest BCUT2D eigenvalue weighted by Gasteiger charge is -2.09. The Labute approximate surface area is 129 Å². The van der Waals surface area contributed by atoms with E-state index in [0.717, 1.165) is 12.5 Å². The highest BCUT2D eigenvalue weighted by molar-refractivity contribution is 6.04. The molecular weight excluding hydrogens is 282 g/mol. The van der Waals surface area contributed by atoms with E-state index in [4.69, 9.17) is 9.47 Å². The molecule has 6 heteroatoms. The summed E-state index contributed by atoms with van der Waals surface area (Å²) in [7, 11) is 3.10. The monoisotopic (exact) mass is 301 g/mol. The predicted molar refractivity (Wildman–Crippen MR) is 82.5 cm³/mol. The van der Waals surface area contributed by atoms with Gasteiger partial charge in [-0.1, -0.05) is 0 Å². The van der Waals surface area contributed by atoms with E-state index in [-0.39, 0.29) is 5.91 Å². The van der Waals surface area contributed by atoms with Crippen molar-refractivity contribution in [3.05, 3.63) is 36.3 Å². The summed E-state index contributed by atoms with van der Waals surface area (Å²) in [6.45, 7) is 0.971. The molecule has 1 N–H and O–H groups in total. The number of rotatable bonds is 6. The number of nitrogens with one attached hydrogen (secondary N) is 1. The first-order chi connectivity index (χ1) is 10.7. The SMILES string of the molecule is COc1ccc(C(=O)Nc2cn(CC3CC3)cn2)cc1OC. The van der Waals surface area contributed by atoms with Crippen LogP contribution in [0.15, 0.2) is 30.7 Å². The van der Waals surface area contributed by atoms with E-state index < -0.39 is 0 Å². The van der Waals surface area contributed by atoms with Gasteiger partial charge in [0, 0.05) is 18.3 Å². The van der Waals surface area contributed by atoms with Crippen LogP contribution < -0.4 is 14.8 Å². The topological polar surface area (TPSA) is 65.4 Å². The van der Waals surface area contributed by atoms with Crippen molar-refractivity contribution in [1.29, 1.82) is 0 Å². The minimum Gasteiger partial charge on any atom is -0.493 e. The fourth-order valence-electron chi connectivity index (χ4n) is 2.29. The van der Waals surface area contributed by atoms with Crippen molar-refractivity contribution < 1.29 is 14.3 Å². The first-order valence-corrected chi connectivity index (χ1v) is 7.24. The number of carbonyl (C=O) groups is 1. The Morgan fingerprint density at radius 1 is 1.32 bits per heavy atom. The van der Waals surface area contributed by atoms with Crippen LogP contribution in [0.5, 0.6) is 11.5 Å². The minimum atomic E-state index is -0.224. The molecule has 2 aromatic rings. The van der Waals surface area contributed by atoms with E-state index in [2.05, 4.69) is 10.3 Å². The largest absolute Gasteiger partial charge is 0.493 e. The molecular formula is C16H19N3O3. The number of aromatic nitrogens is 2. The van der Waals surface area contributed by atoms with Crippen molar-refractivity contribution in [2.24, 2.45) is 5.92 Å². The Bertz CT molecular complexity index is 677. The summed E-state index contributed by atoms with van der Waals surface area (Å²) in [5.74, 6) is 2.21. The number of amides is 1. The normalized spacial score (nSPS) is 13.7. The minimum absolute atomic E-state index is 0.224. The van der Waals surface area contributed by atoms with Crippen LogP contribution >= 0.6 is 0 Å². The van der Waals surface area contributed by atoms with Crippen LogP contribution in [0.25, 0.3) is 0 Å². The second-order valence-electron chi connectivity index (χ2n) is 5.42. The van der Waals surface area contributed by atoms with Gasteiger partial charge < -0.3 is 19.4 Å². The molecule has 0 aliphatic heterocycles. The fourth-order valence-corrected chi connectivity index (χ4v) is 2.29. The molecule has 1 saturated carbocycles. The Hall–Kier alpha value is -2.50. The lowest BCUT2D eigenvalue weighted by atomic mass is 10.2. The molecule has 1 aliphatic rings. The summed E-state index contributed by atoms with van der Waals surface area (Å²) in [5, 5.41) is 2.79. The van der Waals surface area contributed by atoms with E-state index in [9.17, 15) is 4.79 Å².